The van der Waals surface area contributed by atoms with Gasteiger partial charge >= 0.3 is 0 Å². The minimum atomic E-state index is 0.524. The molecule has 0 spiro atoms. The van der Waals surface area contributed by atoms with Gasteiger partial charge in [0.1, 0.15) is 0 Å². The summed E-state index contributed by atoms with van der Waals surface area (Å²) < 4.78 is 0. The van der Waals surface area contributed by atoms with Gasteiger partial charge in [-0.15, -0.1) is 0 Å². The van der Waals surface area contributed by atoms with E-state index in [0.29, 0.717) is 6.04 Å². The van der Waals surface area contributed by atoms with Crippen molar-refractivity contribution >= 4 is 0 Å². The highest BCUT2D eigenvalue weighted by molar-refractivity contribution is 4.93. The van der Waals surface area contributed by atoms with Gasteiger partial charge in [0.05, 0.1) is 19.2 Å². The van der Waals surface area contributed by atoms with Crippen LogP contribution in [0.25, 0.3) is 0 Å². The molecule has 1 aliphatic heterocycles. The largest absolute Gasteiger partial charge is 0.297 e. The van der Waals surface area contributed by atoms with E-state index in [9.17, 15) is 0 Å². The topological polar surface area (TPSA) is 12.5 Å². The summed E-state index contributed by atoms with van der Waals surface area (Å²) in [6.45, 7) is 6.59. The van der Waals surface area contributed by atoms with Gasteiger partial charge in [-0.25, -0.2) is 0 Å². The van der Waals surface area contributed by atoms with E-state index < -0.39 is 0 Å². The molecule has 130 valence electrons. The van der Waals surface area contributed by atoms with Crippen LogP contribution in [0.15, 0.2) is 12.2 Å². The number of allylic oxidation sites excluding steroid dienone is 1. The van der Waals surface area contributed by atoms with Crippen molar-refractivity contribution in [3.05, 3.63) is 12.2 Å². The Bertz CT molecular complexity index is 260. The van der Waals surface area contributed by atoms with Crippen molar-refractivity contribution in [1.29, 1.82) is 0 Å². The predicted octanol–water partition coefficient (Wildman–Crippen LogP) is 6.27. The first-order chi connectivity index (χ1) is 10.9. The zero-order valence-electron chi connectivity index (χ0n) is 15.2. The van der Waals surface area contributed by atoms with Gasteiger partial charge in [0.15, 0.2) is 0 Å². The summed E-state index contributed by atoms with van der Waals surface area (Å²) in [5.74, 6) is 0. The fourth-order valence-corrected chi connectivity index (χ4v) is 3.05. The SMILES string of the molecule is CCCCCCCC/C=C\C(CCCCCCC)N1CCO1. The molecular weight excluding hydrogens is 270 g/mol. The fourth-order valence-electron chi connectivity index (χ4n) is 3.05. The number of hydrogen-bond acceptors (Lipinski definition) is 2. The summed E-state index contributed by atoms with van der Waals surface area (Å²) in [5.41, 5.74) is 0. The number of hydrogen-bond donors (Lipinski definition) is 0. The van der Waals surface area contributed by atoms with E-state index in [4.69, 9.17) is 4.84 Å². The molecule has 1 rings (SSSR count). The Morgan fingerprint density at radius 2 is 1.45 bits per heavy atom. The third-order valence-corrected chi connectivity index (χ3v) is 4.62. The van der Waals surface area contributed by atoms with Gasteiger partial charge in [-0.1, -0.05) is 90.2 Å². The molecule has 0 bridgehead atoms. The summed E-state index contributed by atoms with van der Waals surface area (Å²) in [4.78, 5) is 5.58. The van der Waals surface area contributed by atoms with Gasteiger partial charge in [0, 0.05) is 0 Å². The molecule has 0 aromatic carbocycles. The third kappa shape index (κ3) is 9.63. The van der Waals surface area contributed by atoms with Crippen LogP contribution in [0.1, 0.15) is 97.3 Å². The first-order valence-corrected chi connectivity index (χ1v) is 9.94. The van der Waals surface area contributed by atoms with E-state index in [1.165, 1.54) is 83.5 Å². The molecule has 1 unspecified atom stereocenters. The van der Waals surface area contributed by atoms with Crippen LogP contribution in [0.5, 0.6) is 0 Å². The van der Waals surface area contributed by atoms with Gasteiger partial charge in [-0.3, -0.25) is 4.84 Å². The van der Waals surface area contributed by atoms with Crippen molar-refractivity contribution < 1.29 is 4.84 Å². The Morgan fingerprint density at radius 1 is 0.864 bits per heavy atom. The second-order valence-electron chi connectivity index (χ2n) is 6.73. The van der Waals surface area contributed by atoms with Crippen molar-refractivity contribution in [3.63, 3.8) is 0 Å². The van der Waals surface area contributed by atoms with E-state index >= 15 is 0 Å². The zero-order valence-corrected chi connectivity index (χ0v) is 15.2. The normalized spacial score (nSPS) is 17.0. The van der Waals surface area contributed by atoms with Crippen molar-refractivity contribution in [2.24, 2.45) is 0 Å². The molecule has 0 aromatic rings. The van der Waals surface area contributed by atoms with Crippen LogP contribution in [0.2, 0.25) is 0 Å². The highest BCUT2D eigenvalue weighted by Gasteiger charge is 2.22. The number of rotatable bonds is 15. The standard InChI is InChI=1S/C20H39NO/c1-3-5-7-9-10-11-13-15-17-20(21-18-19-22-21)16-14-12-8-6-4-2/h15,17,20H,3-14,16,18-19H2,1-2H3/b17-15-. The van der Waals surface area contributed by atoms with Crippen LogP contribution < -0.4 is 0 Å². The van der Waals surface area contributed by atoms with Crippen molar-refractivity contribution in [2.45, 2.75) is 103 Å². The van der Waals surface area contributed by atoms with Crippen molar-refractivity contribution in [2.75, 3.05) is 13.2 Å². The molecule has 0 radical (unpaired) electrons. The second kappa shape index (κ2) is 14.3. The molecule has 0 saturated carbocycles. The molecule has 0 amide bonds. The molecule has 0 aliphatic carbocycles. The first kappa shape index (κ1) is 19.7. The molecule has 0 N–H and O–H groups in total. The van der Waals surface area contributed by atoms with E-state index in [-0.39, 0.29) is 0 Å². The maximum atomic E-state index is 5.58. The molecule has 1 saturated heterocycles. The number of hydroxylamine groups is 2. The third-order valence-electron chi connectivity index (χ3n) is 4.62. The Hall–Kier alpha value is -0.340. The van der Waals surface area contributed by atoms with E-state index in [1.54, 1.807) is 0 Å². The molecule has 1 fully saturated rings. The lowest BCUT2D eigenvalue weighted by atomic mass is 10.0. The van der Waals surface area contributed by atoms with Gasteiger partial charge in [-0.05, 0) is 19.3 Å². The molecule has 0 aromatic heterocycles. The molecule has 1 aliphatic rings. The maximum Gasteiger partial charge on any atom is 0.0836 e. The summed E-state index contributed by atoms with van der Waals surface area (Å²) in [6.07, 6.45) is 22.5. The average Bonchev–Trinajstić information content (AvgIpc) is 2.47. The smallest absolute Gasteiger partial charge is 0.0836 e. The Balaban J connectivity index is 2.08. The highest BCUT2D eigenvalue weighted by atomic mass is 16.7. The average molecular weight is 310 g/mol. The first-order valence-electron chi connectivity index (χ1n) is 9.94. The Kier molecular flexibility index (Phi) is 12.8. The van der Waals surface area contributed by atoms with E-state index in [2.05, 4.69) is 31.1 Å². The zero-order chi connectivity index (χ0) is 15.9. The van der Waals surface area contributed by atoms with Crippen molar-refractivity contribution in [3.8, 4) is 0 Å². The summed E-state index contributed by atoms with van der Waals surface area (Å²) in [5, 5.41) is 2.18. The van der Waals surface area contributed by atoms with Gasteiger partial charge in [0.25, 0.3) is 0 Å². The minimum absolute atomic E-state index is 0.524. The van der Waals surface area contributed by atoms with Crippen LogP contribution in [0.3, 0.4) is 0 Å². The minimum Gasteiger partial charge on any atom is -0.297 e. The summed E-state index contributed by atoms with van der Waals surface area (Å²) >= 11 is 0. The fraction of sp³-hybridized carbons (Fsp3) is 0.900. The van der Waals surface area contributed by atoms with Crippen molar-refractivity contribution in [1.82, 2.24) is 5.06 Å². The van der Waals surface area contributed by atoms with Crippen LogP contribution in [-0.2, 0) is 4.84 Å². The van der Waals surface area contributed by atoms with Crippen LogP contribution in [-0.4, -0.2) is 24.3 Å². The highest BCUT2D eigenvalue weighted by Crippen LogP contribution is 2.18. The predicted molar refractivity (Wildman–Crippen MR) is 97.0 cm³/mol. The lowest BCUT2D eigenvalue weighted by molar-refractivity contribution is -0.262. The summed E-state index contributed by atoms with van der Waals surface area (Å²) in [6, 6.07) is 0.524. The van der Waals surface area contributed by atoms with Crippen LogP contribution in [0.4, 0.5) is 0 Å². The lowest BCUT2D eigenvalue weighted by Gasteiger charge is -2.36. The van der Waals surface area contributed by atoms with Gasteiger partial charge in [-0.2, -0.15) is 5.06 Å². The molecule has 22 heavy (non-hydrogen) atoms. The molecule has 1 heterocycles. The Morgan fingerprint density at radius 3 is 2.05 bits per heavy atom. The lowest BCUT2D eigenvalue weighted by Crippen LogP contribution is -2.45. The summed E-state index contributed by atoms with van der Waals surface area (Å²) in [7, 11) is 0. The molecule has 1 atom stereocenters. The maximum absolute atomic E-state index is 5.58. The number of unbranched alkanes of at least 4 members (excludes halogenated alkanes) is 10. The van der Waals surface area contributed by atoms with Crippen LogP contribution in [0, 0.1) is 0 Å². The molecule has 2 heteroatoms. The molecular formula is C20H39NO. The van der Waals surface area contributed by atoms with E-state index in [0.717, 1.165) is 13.2 Å². The monoisotopic (exact) mass is 309 g/mol. The number of nitrogens with zero attached hydrogens (tertiary/aromatic N) is 1. The quantitative estimate of drug-likeness (QED) is 0.261. The molecule has 2 nitrogen and oxygen atoms in total. The van der Waals surface area contributed by atoms with Gasteiger partial charge in [0.2, 0.25) is 0 Å². The van der Waals surface area contributed by atoms with Crippen LogP contribution >= 0.6 is 0 Å². The Labute approximate surface area is 139 Å². The van der Waals surface area contributed by atoms with Gasteiger partial charge < -0.3 is 0 Å². The second-order valence-corrected chi connectivity index (χ2v) is 6.73. The van der Waals surface area contributed by atoms with E-state index in [1.807, 2.05) is 0 Å².